The van der Waals surface area contributed by atoms with E-state index in [1.165, 1.54) is 5.56 Å². The monoisotopic (exact) mass is 317 g/mol. The van der Waals surface area contributed by atoms with Gasteiger partial charge in [-0.25, -0.2) is 0 Å². The largest absolute Gasteiger partial charge is 0.459 e. The van der Waals surface area contributed by atoms with E-state index in [1.807, 2.05) is 42.5 Å². The maximum atomic E-state index is 6.24. The first-order valence-corrected chi connectivity index (χ1v) is 8.13. The summed E-state index contributed by atoms with van der Waals surface area (Å²) in [6.45, 7) is 2.07. The third-order valence-corrected chi connectivity index (χ3v) is 4.95. The molecular weight excluding hydrogens is 302 g/mol. The number of halogens is 1. The second kappa shape index (κ2) is 6.14. The normalized spacial score (nSPS) is 12.7. The van der Waals surface area contributed by atoms with E-state index in [4.69, 9.17) is 21.8 Å². The quantitative estimate of drug-likeness (QED) is 0.673. The molecule has 0 fully saturated rings. The van der Waals surface area contributed by atoms with Gasteiger partial charge in [-0.2, -0.15) is 0 Å². The lowest BCUT2D eigenvalue weighted by Gasteiger charge is -2.09. The fourth-order valence-electron chi connectivity index (χ4n) is 2.19. The van der Waals surface area contributed by atoms with E-state index in [9.17, 15) is 0 Å². The van der Waals surface area contributed by atoms with Crippen molar-refractivity contribution in [3.05, 3.63) is 64.9 Å². The Bertz CT molecular complexity index is 768. The number of thioether (sulfide) groups is 1. The van der Waals surface area contributed by atoms with E-state index in [1.54, 1.807) is 11.8 Å². The molecule has 2 N–H and O–H groups in total. The molecule has 0 aliphatic carbocycles. The minimum atomic E-state index is -0.154. The molecule has 0 bridgehead atoms. The number of fused-ring (bicyclic) bond motifs is 1. The Morgan fingerprint density at radius 1 is 1.19 bits per heavy atom. The minimum absolute atomic E-state index is 0.154. The van der Waals surface area contributed by atoms with Gasteiger partial charge < -0.3 is 10.2 Å². The zero-order valence-electron chi connectivity index (χ0n) is 11.7. The molecule has 0 spiro atoms. The molecule has 21 heavy (non-hydrogen) atoms. The minimum Gasteiger partial charge on any atom is -0.459 e. The second-order valence-electron chi connectivity index (χ2n) is 5.04. The lowest BCUT2D eigenvalue weighted by atomic mass is 10.2. The lowest BCUT2D eigenvalue weighted by Crippen LogP contribution is -2.11. The van der Waals surface area contributed by atoms with Crippen molar-refractivity contribution < 1.29 is 4.42 Å². The molecule has 2 nitrogen and oxygen atoms in total. The summed E-state index contributed by atoms with van der Waals surface area (Å²) >= 11 is 7.80. The van der Waals surface area contributed by atoms with Crippen LogP contribution in [0.2, 0.25) is 5.02 Å². The van der Waals surface area contributed by atoms with Crippen LogP contribution in [0.3, 0.4) is 0 Å². The topological polar surface area (TPSA) is 39.2 Å². The third-order valence-electron chi connectivity index (χ3n) is 3.31. The molecule has 1 atom stereocenters. The summed E-state index contributed by atoms with van der Waals surface area (Å²) in [5.74, 6) is 1.54. The molecular formula is C17H16ClNOS. The van der Waals surface area contributed by atoms with E-state index < -0.39 is 0 Å². The summed E-state index contributed by atoms with van der Waals surface area (Å²) in [5.41, 5.74) is 8.34. The van der Waals surface area contributed by atoms with Crippen molar-refractivity contribution in [1.82, 2.24) is 0 Å². The van der Waals surface area contributed by atoms with E-state index in [2.05, 4.69) is 13.0 Å². The van der Waals surface area contributed by atoms with Gasteiger partial charge in [0.15, 0.2) is 0 Å². The Morgan fingerprint density at radius 2 is 2.00 bits per heavy atom. The molecule has 3 aromatic rings. The molecule has 0 saturated carbocycles. The van der Waals surface area contributed by atoms with Gasteiger partial charge in [0.2, 0.25) is 0 Å². The average Bonchev–Trinajstić information content (AvgIpc) is 2.89. The highest BCUT2D eigenvalue weighted by Crippen LogP contribution is 2.31. The molecule has 0 amide bonds. The molecule has 1 aromatic heterocycles. The number of aryl methyl sites for hydroxylation is 1. The van der Waals surface area contributed by atoms with Crippen molar-refractivity contribution in [2.24, 2.45) is 5.73 Å². The maximum Gasteiger partial charge on any atom is 0.134 e. The summed E-state index contributed by atoms with van der Waals surface area (Å²) in [5, 5.41) is 1.86. The van der Waals surface area contributed by atoms with Crippen LogP contribution in [0.4, 0.5) is 0 Å². The van der Waals surface area contributed by atoms with Crippen LogP contribution in [0.15, 0.2) is 57.8 Å². The Hall–Kier alpha value is -1.42. The summed E-state index contributed by atoms with van der Waals surface area (Å²) in [7, 11) is 0. The number of rotatable bonds is 4. The van der Waals surface area contributed by atoms with Gasteiger partial charge in [0.05, 0.1) is 11.1 Å². The van der Waals surface area contributed by atoms with E-state index in [0.717, 1.165) is 32.4 Å². The van der Waals surface area contributed by atoms with E-state index >= 15 is 0 Å². The predicted molar refractivity (Wildman–Crippen MR) is 90.1 cm³/mol. The van der Waals surface area contributed by atoms with Crippen LogP contribution in [0.5, 0.6) is 0 Å². The van der Waals surface area contributed by atoms with Crippen molar-refractivity contribution >= 4 is 34.3 Å². The Balaban J connectivity index is 1.75. The first-order valence-electron chi connectivity index (χ1n) is 6.76. The van der Waals surface area contributed by atoms with Gasteiger partial charge in [-0.3, -0.25) is 0 Å². The van der Waals surface area contributed by atoms with Crippen molar-refractivity contribution in [3.8, 4) is 0 Å². The van der Waals surface area contributed by atoms with Crippen LogP contribution in [0.1, 0.15) is 17.4 Å². The van der Waals surface area contributed by atoms with Crippen LogP contribution < -0.4 is 5.73 Å². The van der Waals surface area contributed by atoms with Gasteiger partial charge in [0.1, 0.15) is 11.3 Å². The molecule has 3 rings (SSSR count). The van der Waals surface area contributed by atoms with Gasteiger partial charge in [-0.1, -0.05) is 35.4 Å². The molecule has 2 aromatic carbocycles. The van der Waals surface area contributed by atoms with Crippen molar-refractivity contribution in [3.63, 3.8) is 0 Å². The van der Waals surface area contributed by atoms with Crippen LogP contribution in [-0.2, 0) is 0 Å². The first kappa shape index (κ1) is 14.5. The van der Waals surface area contributed by atoms with E-state index in [0.29, 0.717) is 0 Å². The summed E-state index contributed by atoms with van der Waals surface area (Å²) in [4.78, 5) is 1.04. The highest BCUT2D eigenvalue weighted by atomic mass is 35.5. The average molecular weight is 318 g/mol. The fraction of sp³-hybridized carbons (Fsp3) is 0.176. The van der Waals surface area contributed by atoms with Gasteiger partial charge in [0, 0.05) is 16.0 Å². The molecule has 4 heteroatoms. The standard InChI is InChI=1S/C17H16ClNOS/c1-11-6-7-15-12(8-11)9-16(20-15)14(19)10-21-17-5-3-2-4-13(17)18/h2-9,14H,10,19H2,1H3. The molecule has 1 heterocycles. The first-order chi connectivity index (χ1) is 10.1. The zero-order valence-corrected chi connectivity index (χ0v) is 13.2. The molecule has 0 aliphatic rings. The zero-order chi connectivity index (χ0) is 14.8. The smallest absolute Gasteiger partial charge is 0.134 e. The Morgan fingerprint density at radius 3 is 2.81 bits per heavy atom. The SMILES string of the molecule is Cc1ccc2oc(C(N)CSc3ccccc3Cl)cc2c1. The van der Waals surface area contributed by atoms with Gasteiger partial charge in [-0.15, -0.1) is 11.8 Å². The van der Waals surface area contributed by atoms with Crippen molar-refractivity contribution in [1.29, 1.82) is 0 Å². The molecule has 1 unspecified atom stereocenters. The molecule has 108 valence electrons. The molecule has 0 saturated heterocycles. The summed E-state index contributed by atoms with van der Waals surface area (Å²) in [6, 6.07) is 15.8. The third kappa shape index (κ3) is 3.26. The van der Waals surface area contributed by atoms with Crippen LogP contribution in [-0.4, -0.2) is 5.75 Å². The van der Waals surface area contributed by atoms with Gasteiger partial charge in [-0.05, 0) is 37.3 Å². The Labute approximate surface area is 133 Å². The number of hydrogen-bond donors (Lipinski definition) is 1. The number of nitrogens with two attached hydrogens (primary N) is 1. The van der Waals surface area contributed by atoms with Crippen LogP contribution in [0, 0.1) is 6.92 Å². The predicted octanol–water partition coefficient (Wildman–Crippen LogP) is 5.19. The molecule has 0 aliphatic heterocycles. The van der Waals surface area contributed by atoms with Crippen molar-refractivity contribution in [2.75, 3.05) is 5.75 Å². The maximum absolute atomic E-state index is 6.24. The van der Waals surface area contributed by atoms with Gasteiger partial charge in [0.25, 0.3) is 0 Å². The Kier molecular flexibility index (Phi) is 4.24. The lowest BCUT2D eigenvalue weighted by molar-refractivity contribution is 0.516. The number of furan rings is 1. The van der Waals surface area contributed by atoms with Crippen LogP contribution in [0.25, 0.3) is 11.0 Å². The number of benzene rings is 2. The number of hydrogen-bond acceptors (Lipinski definition) is 3. The fourth-order valence-corrected chi connectivity index (χ4v) is 3.39. The highest BCUT2D eigenvalue weighted by Gasteiger charge is 2.13. The van der Waals surface area contributed by atoms with Gasteiger partial charge >= 0.3 is 0 Å². The van der Waals surface area contributed by atoms with E-state index in [-0.39, 0.29) is 6.04 Å². The van der Waals surface area contributed by atoms with Crippen LogP contribution >= 0.6 is 23.4 Å². The highest BCUT2D eigenvalue weighted by molar-refractivity contribution is 7.99. The summed E-state index contributed by atoms with van der Waals surface area (Å²) in [6.07, 6.45) is 0. The second-order valence-corrected chi connectivity index (χ2v) is 6.51. The van der Waals surface area contributed by atoms with Crippen molar-refractivity contribution in [2.45, 2.75) is 17.9 Å². The molecule has 0 radical (unpaired) electrons. The summed E-state index contributed by atoms with van der Waals surface area (Å²) < 4.78 is 5.83.